The lowest BCUT2D eigenvalue weighted by Gasteiger charge is -2.07. The minimum Gasteiger partial charge on any atom is -0.508 e. The molecule has 0 aliphatic rings. The molecule has 0 fully saturated rings. The number of nitro groups is 1. The number of halogens is 1. The van der Waals surface area contributed by atoms with Crippen molar-refractivity contribution in [3.05, 3.63) is 63.2 Å². The van der Waals surface area contributed by atoms with Gasteiger partial charge in [0.2, 0.25) is 0 Å². The molecule has 0 aliphatic heterocycles. The second-order valence-electron chi connectivity index (χ2n) is 3.82. The zero-order valence-electron chi connectivity index (χ0n) is 9.75. The van der Waals surface area contributed by atoms with Crippen LogP contribution in [0.5, 0.6) is 11.5 Å². The Labute approximate surface area is 114 Å². The van der Waals surface area contributed by atoms with E-state index in [1.807, 2.05) is 0 Å². The van der Waals surface area contributed by atoms with Crippen LogP contribution in [0, 0.1) is 10.1 Å². The normalized spacial score (nSPS) is 10.2. The highest BCUT2D eigenvalue weighted by Gasteiger charge is 2.14. The first-order valence-electron chi connectivity index (χ1n) is 5.41. The fourth-order valence-electron chi connectivity index (χ4n) is 1.56. The Morgan fingerprint density at radius 1 is 1.26 bits per heavy atom. The molecule has 0 amide bonds. The van der Waals surface area contributed by atoms with E-state index in [1.165, 1.54) is 18.2 Å². The van der Waals surface area contributed by atoms with Gasteiger partial charge in [0.05, 0.1) is 10.5 Å². The number of aromatic hydroxyl groups is 1. The average Bonchev–Trinajstić information content (AvgIpc) is 2.37. The average molecular weight is 280 g/mol. The molecule has 0 atom stereocenters. The molecule has 6 heteroatoms. The van der Waals surface area contributed by atoms with Gasteiger partial charge in [0.25, 0.3) is 5.69 Å². The van der Waals surface area contributed by atoms with Crippen molar-refractivity contribution < 1.29 is 14.8 Å². The van der Waals surface area contributed by atoms with Crippen molar-refractivity contribution in [3.63, 3.8) is 0 Å². The number of hydrogen-bond donors (Lipinski definition) is 1. The first kappa shape index (κ1) is 13.2. The highest BCUT2D eigenvalue weighted by Crippen LogP contribution is 2.25. The van der Waals surface area contributed by atoms with Gasteiger partial charge in [0, 0.05) is 17.2 Å². The molecule has 19 heavy (non-hydrogen) atoms. The topological polar surface area (TPSA) is 72.6 Å². The summed E-state index contributed by atoms with van der Waals surface area (Å²) >= 11 is 5.72. The van der Waals surface area contributed by atoms with Gasteiger partial charge in [0.15, 0.2) is 0 Å². The van der Waals surface area contributed by atoms with E-state index in [4.69, 9.17) is 16.3 Å². The zero-order valence-corrected chi connectivity index (χ0v) is 10.5. The summed E-state index contributed by atoms with van der Waals surface area (Å²) in [6.45, 7) is 0.0247. The van der Waals surface area contributed by atoms with Crippen molar-refractivity contribution in [2.24, 2.45) is 0 Å². The molecule has 2 aromatic rings. The lowest BCUT2D eigenvalue weighted by Crippen LogP contribution is -2.00. The van der Waals surface area contributed by atoms with Crippen molar-refractivity contribution >= 4 is 17.3 Å². The number of hydrogen-bond acceptors (Lipinski definition) is 4. The first-order valence-corrected chi connectivity index (χ1v) is 5.79. The fraction of sp³-hybridized carbons (Fsp3) is 0.0769. The third-order valence-corrected chi connectivity index (χ3v) is 2.69. The molecule has 98 valence electrons. The molecule has 0 unspecified atom stereocenters. The number of phenols is 1. The Kier molecular flexibility index (Phi) is 3.87. The number of nitrogens with zero attached hydrogens (tertiary/aromatic N) is 1. The molecule has 2 aromatic carbocycles. The van der Waals surface area contributed by atoms with Crippen LogP contribution < -0.4 is 4.74 Å². The van der Waals surface area contributed by atoms with E-state index in [2.05, 4.69) is 0 Å². The summed E-state index contributed by atoms with van der Waals surface area (Å²) in [4.78, 5) is 10.4. The molecule has 1 N–H and O–H groups in total. The van der Waals surface area contributed by atoms with E-state index >= 15 is 0 Å². The van der Waals surface area contributed by atoms with Crippen LogP contribution in [0.3, 0.4) is 0 Å². The van der Waals surface area contributed by atoms with Gasteiger partial charge in [-0.25, -0.2) is 0 Å². The van der Waals surface area contributed by atoms with Crippen LogP contribution >= 0.6 is 11.6 Å². The molecule has 0 saturated heterocycles. The molecular weight excluding hydrogens is 270 g/mol. The minimum absolute atomic E-state index is 0.0247. The second kappa shape index (κ2) is 5.58. The number of rotatable bonds is 4. The van der Waals surface area contributed by atoms with E-state index in [1.54, 1.807) is 24.3 Å². The maximum Gasteiger partial charge on any atom is 0.277 e. The molecule has 0 radical (unpaired) electrons. The number of benzene rings is 2. The van der Waals surface area contributed by atoms with E-state index in [9.17, 15) is 15.2 Å². The molecule has 0 heterocycles. The zero-order chi connectivity index (χ0) is 13.8. The Morgan fingerprint density at radius 2 is 2.05 bits per heavy atom. The van der Waals surface area contributed by atoms with Crippen LogP contribution in [0.15, 0.2) is 42.5 Å². The number of nitro benzene ring substituents is 1. The van der Waals surface area contributed by atoms with Gasteiger partial charge < -0.3 is 9.84 Å². The minimum atomic E-state index is -0.507. The predicted octanol–water partition coefficient (Wildman–Crippen LogP) is 3.53. The highest BCUT2D eigenvalue weighted by molar-refractivity contribution is 6.30. The second-order valence-corrected chi connectivity index (χ2v) is 4.25. The van der Waals surface area contributed by atoms with E-state index < -0.39 is 4.92 Å². The largest absolute Gasteiger partial charge is 0.508 e. The van der Waals surface area contributed by atoms with Gasteiger partial charge in [-0.2, -0.15) is 0 Å². The lowest BCUT2D eigenvalue weighted by molar-refractivity contribution is -0.385. The maximum absolute atomic E-state index is 10.9. The SMILES string of the molecule is O=[N+]([O-])c1cc(Cl)ccc1COc1cccc(O)c1. The third-order valence-electron chi connectivity index (χ3n) is 2.46. The van der Waals surface area contributed by atoms with Gasteiger partial charge in [-0.15, -0.1) is 0 Å². The molecule has 0 spiro atoms. The van der Waals surface area contributed by atoms with Crippen molar-refractivity contribution in [2.75, 3.05) is 0 Å². The van der Waals surface area contributed by atoms with Crippen LogP contribution in [0.1, 0.15) is 5.56 Å². The van der Waals surface area contributed by atoms with Gasteiger partial charge >= 0.3 is 0 Å². The van der Waals surface area contributed by atoms with Gasteiger partial charge in [-0.1, -0.05) is 17.7 Å². The van der Waals surface area contributed by atoms with Crippen molar-refractivity contribution in [3.8, 4) is 11.5 Å². The van der Waals surface area contributed by atoms with Gasteiger partial charge in [-0.3, -0.25) is 10.1 Å². The third kappa shape index (κ3) is 3.35. The Bertz CT molecular complexity index is 615. The molecule has 0 aromatic heterocycles. The van der Waals surface area contributed by atoms with Crippen molar-refractivity contribution in [2.45, 2.75) is 6.61 Å². The number of phenolic OH excluding ortho intramolecular Hbond substituents is 1. The van der Waals surface area contributed by atoms with Crippen molar-refractivity contribution in [1.82, 2.24) is 0 Å². The molecule has 0 aliphatic carbocycles. The molecule has 0 bridgehead atoms. The summed E-state index contributed by atoms with van der Waals surface area (Å²) in [5.74, 6) is 0.507. The standard InChI is InChI=1S/C13H10ClNO4/c14-10-5-4-9(13(6-10)15(17)18)8-19-12-3-1-2-11(16)7-12/h1-7,16H,8H2. The Hall–Kier alpha value is -2.27. The lowest BCUT2D eigenvalue weighted by atomic mass is 10.2. The first-order chi connectivity index (χ1) is 9.06. The molecule has 5 nitrogen and oxygen atoms in total. The van der Waals surface area contributed by atoms with Crippen molar-refractivity contribution in [1.29, 1.82) is 0 Å². The van der Waals surface area contributed by atoms with Crippen LogP contribution in [-0.4, -0.2) is 10.0 Å². The summed E-state index contributed by atoms with van der Waals surface area (Å²) < 4.78 is 5.40. The fourth-order valence-corrected chi connectivity index (χ4v) is 1.73. The highest BCUT2D eigenvalue weighted by atomic mass is 35.5. The van der Waals surface area contributed by atoms with Gasteiger partial charge in [0.1, 0.15) is 18.1 Å². The van der Waals surface area contributed by atoms with Crippen LogP contribution in [0.2, 0.25) is 5.02 Å². The Morgan fingerprint density at radius 3 is 2.74 bits per heavy atom. The van der Waals surface area contributed by atoms with Crippen LogP contribution in [0.25, 0.3) is 0 Å². The summed E-state index contributed by atoms with van der Waals surface area (Å²) in [5.41, 5.74) is 0.324. The van der Waals surface area contributed by atoms with Crippen LogP contribution in [-0.2, 0) is 6.61 Å². The van der Waals surface area contributed by atoms with E-state index in [-0.39, 0.29) is 18.0 Å². The monoisotopic (exact) mass is 279 g/mol. The summed E-state index contributed by atoms with van der Waals surface area (Å²) in [5, 5.41) is 20.5. The van der Waals surface area contributed by atoms with E-state index in [0.29, 0.717) is 16.3 Å². The molecule has 0 saturated carbocycles. The smallest absolute Gasteiger partial charge is 0.277 e. The van der Waals surface area contributed by atoms with E-state index in [0.717, 1.165) is 0 Å². The molecule has 2 rings (SSSR count). The summed E-state index contributed by atoms with van der Waals surface area (Å²) in [6.07, 6.45) is 0. The predicted molar refractivity (Wildman–Crippen MR) is 70.5 cm³/mol. The molecular formula is C13H10ClNO4. The quantitative estimate of drug-likeness (QED) is 0.686. The Balaban J connectivity index is 2.17. The van der Waals surface area contributed by atoms with Gasteiger partial charge in [-0.05, 0) is 24.3 Å². The number of ether oxygens (including phenoxy) is 1. The summed E-state index contributed by atoms with van der Waals surface area (Å²) in [6, 6.07) is 10.6. The summed E-state index contributed by atoms with van der Waals surface area (Å²) in [7, 11) is 0. The maximum atomic E-state index is 10.9. The van der Waals surface area contributed by atoms with Crippen LogP contribution in [0.4, 0.5) is 5.69 Å².